The van der Waals surface area contributed by atoms with Gasteiger partial charge in [-0.3, -0.25) is 0 Å². The van der Waals surface area contributed by atoms with Gasteiger partial charge < -0.3 is 14.0 Å². The largest absolute Gasteiger partial charge is 0.381 e. The highest BCUT2D eigenvalue weighted by Gasteiger charge is 2.30. The molecule has 0 radical (unpaired) electrons. The predicted molar refractivity (Wildman–Crippen MR) is 95.5 cm³/mol. The van der Waals surface area contributed by atoms with E-state index in [1.807, 2.05) is 6.92 Å². The molecule has 136 valence electrons. The summed E-state index contributed by atoms with van der Waals surface area (Å²) in [6, 6.07) is 8.59. The zero-order valence-corrected chi connectivity index (χ0v) is 15.4. The van der Waals surface area contributed by atoms with Crippen LogP contribution in [0.3, 0.4) is 0 Å². The second kappa shape index (κ2) is 8.59. The van der Waals surface area contributed by atoms with Crippen molar-refractivity contribution in [3.05, 3.63) is 47.1 Å². The van der Waals surface area contributed by atoms with Crippen LogP contribution in [0.25, 0.3) is 0 Å². The molecule has 25 heavy (non-hydrogen) atoms. The first kappa shape index (κ1) is 18.1. The fourth-order valence-corrected chi connectivity index (χ4v) is 3.35. The Kier molecular flexibility index (Phi) is 6.21. The second-order valence-electron chi connectivity index (χ2n) is 6.91. The molecule has 0 bridgehead atoms. The summed E-state index contributed by atoms with van der Waals surface area (Å²) < 4.78 is 17.0. The van der Waals surface area contributed by atoms with Gasteiger partial charge in [0, 0.05) is 25.7 Å². The number of aromatic nitrogens is 2. The zero-order chi connectivity index (χ0) is 17.6. The molecule has 0 spiro atoms. The number of rotatable bonds is 7. The molecule has 1 saturated heterocycles. The van der Waals surface area contributed by atoms with Gasteiger partial charge in [-0.2, -0.15) is 4.98 Å². The molecule has 1 fully saturated rings. The molecular weight excluding hydrogens is 316 g/mol. The average Bonchev–Trinajstić information content (AvgIpc) is 3.12. The van der Waals surface area contributed by atoms with Crippen molar-refractivity contribution in [2.45, 2.75) is 52.1 Å². The lowest BCUT2D eigenvalue weighted by atomic mass is 9.93. The lowest BCUT2D eigenvalue weighted by Crippen LogP contribution is -2.24. The smallest absolute Gasteiger partial charge is 0.229 e. The molecule has 0 amide bonds. The van der Waals surface area contributed by atoms with Crippen LogP contribution in [0.2, 0.25) is 0 Å². The molecule has 2 atom stereocenters. The first-order valence-electron chi connectivity index (χ1n) is 9.25. The molecule has 2 heterocycles. The molecule has 5 nitrogen and oxygen atoms in total. The minimum absolute atomic E-state index is 0.0991. The van der Waals surface area contributed by atoms with E-state index < -0.39 is 0 Å². The van der Waals surface area contributed by atoms with Crippen molar-refractivity contribution in [3.63, 3.8) is 0 Å². The fourth-order valence-electron chi connectivity index (χ4n) is 3.35. The molecule has 0 N–H and O–H groups in total. The molecule has 2 aromatic rings. The highest BCUT2D eigenvalue weighted by molar-refractivity contribution is 5.22. The minimum atomic E-state index is -0.0991. The summed E-state index contributed by atoms with van der Waals surface area (Å²) in [5.41, 5.74) is 2.55. The van der Waals surface area contributed by atoms with Crippen LogP contribution >= 0.6 is 0 Å². The Balaban J connectivity index is 1.69. The fraction of sp³-hybridized carbons (Fsp3) is 0.600. The van der Waals surface area contributed by atoms with E-state index in [0.29, 0.717) is 24.2 Å². The summed E-state index contributed by atoms with van der Waals surface area (Å²) in [6.45, 7) is 8.44. The van der Waals surface area contributed by atoms with Crippen LogP contribution in [-0.4, -0.2) is 30.0 Å². The summed E-state index contributed by atoms with van der Waals surface area (Å²) in [6.07, 6.45) is 2.75. The first-order chi connectivity index (χ1) is 12.2. The van der Waals surface area contributed by atoms with Crippen molar-refractivity contribution in [1.82, 2.24) is 10.1 Å². The maximum Gasteiger partial charge on any atom is 0.229 e. The van der Waals surface area contributed by atoms with Gasteiger partial charge in [0.2, 0.25) is 11.7 Å². The van der Waals surface area contributed by atoms with Crippen molar-refractivity contribution < 1.29 is 14.0 Å². The van der Waals surface area contributed by atoms with Crippen molar-refractivity contribution in [2.75, 3.05) is 19.8 Å². The molecule has 5 heteroatoms. The van der Waals surface area contributed by atoms with Gasteiger partial charge in [0.25, 0.3) is 0 Å². The van der Waals surface area contributed by atoms with Gasteiger partial charge in [-0.1, -0.05) is 41.9 Å². The lowest BCUT2D eigenvalue weighted by Gasteiger charge is -2.27. The van der Waals surface area contributed by atoms with E-state index in [0.717, 1.165) is 32.5 Å². The highest BCUT2D eigenvalue weighted by Crippen LogP contribution is 2.32. The van der Waals surface area contributed by atoms with Crippen LogP contribution in [-0.2, 0) is 15.9 Å². The molecule has 0 saturated carbocycles. The molecular formula is C20H28N2O3. The zero-order valence-electron chi connectivity index (χ0n) is 15.4. The van der Waals surface area contributed by atoms with Crippen LogP contribution < -0.4 is 0 Å². The third-order valence-corrected chi connectivity index (χ3v) is 4.84. The summed E-state index contributed by atoms with van der Waals surface area (Å²) in [5, 5.41) is 4.24. The predicted octanol–water partition coefficient (Wildman–Crippen LogP) is 4.23. The van der Waals surface area contributed by atoms with Crippen molar-refractivity contribution in [3.8, 4) is 0 Å². The minimum Gasteiger partial charge on any atom is -0.381 e. The average molecular weight is 344 g/mol. The maximum absolute atomic E-state index is 5.95. The van der Waals surface area contributed by atoms with Crippen LogP contribution in [0.4, 0.5) is 0 Å². The second-order valence-corrected chi connectivity index (χ2v) is 6.91. The van der Waals surface area contributed by atoms with Crippen molar-refractivity contribution in [2.24, 2.45) is 5.92 Å². The summed E-state index contributed by atoms with van der Waals surface area (Å²) in [5.74, 6) is 1.94. The third kappa shape index (κ3) is 4.67. The molecule has 3 rings (SSSR count). The van der Waals surface area contributed by atoms with Gasteiger partial charge in [0.05, 0.1) is 0 Å². The van der Waals surface area contributed by atoms with Gasteiger partial charge in [-0.05, 0) is 44.6 Å². The number of hydrogen-bond donors (Lipinski definition) is 0. The Morgan fingerprint density at radius 2 is 1.92 bits per heavy atom. The molecule has 1 aliphatic rings. The Hall–Kier alpha value is -1.72. The number of ether oxygens (including phenoxy) is 2. The van der Waals surface area contributed by atoms with E-state index in [4.69, 9.17) is 14.0 Å². The molecule has 1 aromatic carbocycles. The summed E-state index contributed by atoms with van der Waals surface area (Å²) >= 11 is 0. The standard InChI is InChI=1S/C20H28N2O3/c1-4-24-18(17-9-11-23-12-10-17)19-21-20(25-22-19)15(3)13-16-7-5-14(2)6-8-16/h5-8,15,17-18H,4,9-13H2,1-3H3. The monoisotopic (exact) mass is 344 g/mol. The van der Waals surface area contributed by atoms with E-state index in [2.05, 4.69) is 48.3 Å². The third-order valence-electron chi connectivity index (χ3n) is 4.84. The number of aryl methyl sites for hydroxylation is 1. The van der Waals surface area contributed by atoms with Gasteiger partial charge in [0.15, 0.2) is 0 Å². The van der Waals surface area contributed by atoms with E-state index >= 15 is 0 Å². The Bertz CT molecular complexity index is 647. The SMILES string of the molecule is CCOC(c1noc(C(C)Cc2ccc(C)cc2)n1)C1CCOCC1. The number of hydrogen-bond acceptors (Lipinski definition) is 5. The van der Waals surface area contributed by atoms with Gasteiger partial charge in [-0.25, -0.2) is 0 Å². The highest BCUT2D eigenvalue weighted by atomic mass is 16.5. The number of nitrogens with zero attached hydrogens (tertiary/aromatic N) is 2. The molecule has 1 aromatic heterocycles. The molecule has 0 aliphatic carbocycles. The van der Waals surface area contributed by atoms with E-state index in [9.17, 15) is 0 Å². The topological polar surface area (TPSA) is 57.4 Å². The number of benzene rings is 1. The van der Waals surface area contributed by atoms with Crippen LogP contribution in [0, 0.1) is 12.8 Å². The first-order valence-corrected chi connectivity index (χ1v) is 9.25. The van der Waals surface area contributed by atoms with Gasteiger partial charge >= 0.3 is 0 Å². The van der Waals surface area contributed by atoms with E-state index in [1.54, 1.807) is 0 Å². The Morgan fingerprint density at radius 1 is 1.20 bits per heavy atom. The van der Waals surface area contributed by atoms with Crippen LogP contribution in [0.15, 0.2) is 28.8 Å². The summed E-state index contributed by atoms with van der Waals surface area (Å²) in [7, 11) is 0. The maximum atomic E-state index is 5.95. The quantitative estimate of drug-likeness (QED) is 0.752. The normalized spacial score (nSPS) is 18.2. The van der Waals surface area contributed by atoms with E-state index in [1.165, 1.54) is 11.1 Å². The van der Waals surface area contributed by atoms with Crippen LogP contribution in [0.5, 0.6) is 0 Å². The summed E-state index contributed by atoms with van der Waals surface area (Å²) in [4.78, 5) is 4.67. The molecule has 1 aliphatic heterocycles. The van der Waals surface area contributed by atoms with Crippen LogP contribution in [0.1, 0.15) is 61.6 Å². The molecule has 2 unspecified atom stereocenters. The van der Waals surface area contributed by atoms with Gasteiger partial charge in [-0.15, -0.1) is 0 Å². The Morgan fingerprint density at radius 3 is 2.60 bits per heavy atom. The van der Waals surface area contributed by atoms with Crippen molar-refractivity contribution in [1.29, 1.82) is 0 Å². The Labute approximate surface area is 149 Å². The van der Waals surface area contributed by atoms with Gasteiger partial charge in [0.1, 0.15) is 6.10 Å². The lowest BCUT2D eigenvalue weighted by molar-refractivity contribution is -0.0362. The van der Waals surface area contributed by atoms with E-state index in [-0.39, 0.29) is 12.0 Å². The van der Waals surface area contributed by atoms with Crippen molar-refractivity contribution >= 4 is 0 Å².